The van der Waals surface area contributed by atoms with Gasteiger partial charge in [-0.25, -0.2) is 9.59 Å². The van der Waals surface area contributed by atoms with Gasteiger partial charge < -0.3 is 14.2 Å². The van der Waals surface area contributed by atoms with Gasteiger partial charge in [0.2, 0.25) is 0 Å². The van der Waals surface area contributed by atoms with Crippen LogP contribution in [0.15, 0.2) is 65.8 Å². The molecule has 8 nitrogen and oxygen atoms in total. The molecule has 1 heterocycles. The van der Waals surface area contributed by atoms with Gasteiger partial charge >= 0.3 is 11.9 Å². The van der Waals surface area contributed by atoms with Crippen molar-refractivity contribution in [2.45, 2.75) is 31.0 Å². The molecule has 0 amide bonds. The molecule has 1 aliphatic rings. The molecule has 2 aromatic carbocycles. The molecule has 1 aliphatic heterocycles. The van der Waals surface area contributed by atoms with Gasteiger partial charge in [-0.2, -0.15) is 0 Å². The van der Waals surface area contributed by atoms with Crippen LogP contribution in [0, 0.1) is 0 Å². The molecule has 3 rings (SSSR count). The van der Waals surface area contributed by atoms with Crippen molar-refractivity contribution in [1.29, 1.82) is 0 Å². The predicted molar refractivity (Wildman–Crippen MR) is 113 cm³/mol. The van der Waals surface area contributed by atoms with Crippen LogP contribution in [0.5, 0.6) is 0 Å². The number of nitrogens with zero attached hydrogens (tertiary/aromatic N) is 3. The van der Waals surface area contributed by atoms with Gasteiger partial charge in [-0.05, 0) is 36.7 Å². The first-order valence-corrected chi connectivity index (χ1v) is 10.4. The molecule has 2 aromatic rings. The van der Waals surface area contributed by atoms with Crippen LogP contribution >= 0.6 is 22.6 Å². The van der Waals surface area contributed by atoms with Crippen molar-refractivity contribution in [3.63, 3.8) is 0 Å². The lowest BCUT2D eigenvalue weighted by atomic mass is 10.0. The van der Waals surface area contributed by atoms with Crippen LogP contribution in [0.25, 0.3) is 10.4 Å². The molecular formula is C20H18IN3O5. The fraction of sp³-hybridized carbons (Fsp3) is 0.300. The van der Waals surface area contributed by atoms with E-state index in [-0.39, 0.29) is 4.43 Å². The number of alkyl halides is 1. The monoisotopic (exact) mass is 507 g/mol. The van der Waals surface area contributed by atoms with Gasteiger partial charge in [-0.15, -0.1) is 0 Å². The number of hydrogen-bond donors (Lipinski definition) is 0. The highest BCUT2D eigenvalue weighted by Gasteiger charge is 2.57. The van der Waals surface area contributed by atoms with Crippen LogP contribution in [0.3, 0.4) is 0 Å². The molecule has 0 bridgehead atoms. The van der Waals surface area contributed by atoms with E-state index in [2.05, 4.69) is 10.0 Å². The van der Waals surface area contributed by atoms with Crippen LogP contribution in [0.1, 0.15) is 27.6 Å². The lowest BCUT2D eigenvalue weighted by Crippen LogP contribution is -2.47. The summed E-state index contributed by atoms with van der Waals surface area (Å²) in [6, 6.07) is 16.8. The third-order valence-corrected chi connectivity index (χ3v) is 5.59. The number of azide groups is 1. The Morgan fingerprint density at radius 1 is 1.07 bits per heavy atom. The lowest BCUT2D eigenvalue weighted by molar-refractivity contribution is -0.0659. The summed E-state index contributed by atoms with van der Waals surface area (Å²) in [5, 5.41) is 3.76. The molecule has 0 aromatic heterocycles. The van der Waals surface area contributed by atoms with E-state index in [9.17, 15) is 9.59 Å². The van der Waals surface area contributed by atoms with E-state index < -0.39 is 36.0 Å². The quantitative estimate of drug-likeness (QED) is 0.145. The van der Waals surface area contributed by atoms with Crippen LogP contribution in [0.2, 0.25) is 0 Å². The number of ether oxygens (including phenoxy) is 3. The van der Waals surface area contributed by atoms with Gasteiger partial charge in [-0.3, -0.25) is 0 Å². The summed E-state index contributed by atoms with van der Waals surface area (Å²) in [7, 11) is 0. The van der Waals surface area contributed by atoms with Crippen molar-refractivity contribution in [1.82, 2.24) is 0 Å². The Morgan fingerprint density at radius 2 is 1.59 bits per heavy atom. The van der Waals surface area contributed by atoms with E-state index >= 15 is 0 Å². The zero-order chi connectivity index (χ0) is 20.9. The number of carbonyl (C=O) groups excluding carboxylic acids is 2. The van der Waals surface area contributed by atoms with Crippen molar-refractivity contribution in [2.75, 3.05) is 4.43 Å². The average Bonchev–Trinajstić information content (AvgIpc) is 3.00. The van der Waals surface area contributed by atoms with Gasteiger partial charge in [0, 0.05) is 9.34 Å². The van der Waals surface area contributed by atoms with Gasteiger partial charge in [0.15, 0.2) is 17.9 Å². The fourth-order valence-corrected chi connectivity index (χ4v) is 3.86. The number of hydrogen-bond acceptors (Lipinski definition) is 6. The summed E-state index contributed by atoms with van der Waals surface area (Å²) < 4.78 is 17.4. The number of carbonyl (C=O) groups is 2. The van der Waals surface area contributed by atoms with Crippen LogP contribution in [-0.2, 0) is 14.2 Å². The molecule has 0 spiro atoms. The van der Waals surface area contributed by atoms with Gasteiger partial charge in [0.05, 0.1) is 17.2 Å². The Balaban J connectivity index is 1.91. The predicted octanol–water partition coefficient (Wildman–Crippen LogP) is 4.30. The zero-order valence-corrected chi connectivity index (χ0v) is 17.6. The molecule has 1 saturated heterocycles. The van der Waals surface area contributed by atoms with Crippen LogP contribution in [0.4, 0.5) is 0 Å². The Morgan fingerprint density at radius 3 is 2.07 bits per heavy atom. The average molecular weight is 507 g/mol. The highest BCUT2D eigenvalue weighted by Crippen LogP contribution is 2.39. The minimum atomic E-state index is -1.49. The Hall–Kier alpha value is -2.62. The summed E-state index contributed by atoms with van der Waals surface area (Å²) in [5.74, 6) is -1.21. The molecule has 4 atom stereocenters. The van der Waals surface area contributed by atoms with E-state index in [1.165, 1.54) is 0 Å². The Kier molecular flexibility index (Phi) is 6.73. The third-order valence-electron chi connectivity index (χ3n) is 4.50. The van der Waals surface area contributed by atoms with Crippen LogP contribution < -0.4 is 0 Å². The maximum atomic E-state index is 12.7. The molecule has 1 unspecified atom stereocenters. The summed E-state index contributed by atoms with van der Waals surface area (Å²) in [6.07, 6.45) is -2.71. The maximum Gasteiger partial charge on any atom is 0.338 e. The van der Waals surface area contributed by atoms with E-state index in [0.717, 1.165) is 0 Å². The topological polar surface area (TPSA) is 111 Å². The second-order valence-electron chi connectivity index (χ2n) is 6.42. The first kappa shape index (κ1) is 21.1. The summed E-state index contributed by atoms with van der Waals surface area (Å²) in [6.45, 7) is 1.67. The Labute approximate surface area is 180 Å². The molecule has 150 valence electrons. The highest BCUT2D eigenvalue weighted by molar-refractivity contribution is 14.1. The summed E-state index contributed by atoms with van der Waals surface area (Å²) in [5.41, 5.74) is 8.24. The van der Waals surface area contributed by atoms with Crippen molar-refractivity contribution < 1.29 is 23.8 Å². The van der Waals surface area contributed by atoms with Crippen molar-refractivity contribution >= 4 is 34.5 Å². The first-order valence-electron chi connectivity index (χ1n) is 8.83. The maximum absolute atomic E-state index is 12.7. The number of halogens is 1. The Bertz CT molecular complexity index is 920. The van der Waals surface area contributed by atoms with E-state index in [0.29, 0.717) is 11.1 Å². The minimum Gasteiger partial charge on any atom is -0.452 e. The standard InChI is InChI=1S/C20H18IN3O5/c1-13-16(27-18(25)14-8-4-2-5-9-14)17(20(12-21,29-13)23-24-22)28-19(26)15-10-6-3-7-11-15/h2-11,13,16-17H,12H2,1H3/t13-,16?,17-,20+/m0/s1. The van der Waals surface area contributed by atoms with Crippen molar-refractivity contribution in [3.05, 3.63) is 82.2 Å². The van der Waals surface area contributed by atoms with Crippen molar-refractivity contribution in [2.24, 2.45) is 5.11 Å². The lowest BCUT2D eigenvalue weighted by Gasteiger charge is -2.29. The third kappa shape index (κ3) is 4.52. The SMILES string of the molecule is C[C@@H]1O[C@@](CI)(N=[N+]=[N-])[C@@H](OC(=O)c2ccccc2)C1OC(=O)c1ccccc1. The summed E-state index contributed by atoms with van der Waals surface area (Å²) >= 11 is 1.99. The fourth-order valence-electron chi connectivity index (χ4n) is 3.09. The molecule has 1 fully saturated rings. The number of benzene rings is 2. The highest BCUT2D eigenvalue weighted by atomic mass is 127. The molecule has 0 aliphatic carbocycles. The smallest absolute Gasteiger partial charge is 0.338 e. The van der Waals surface area contributed by atoms with E-state index in [4.69, 9.17) is 19.7 Å². The first-order chi connectivity index (χ1) is 14.0. The summed E-state index contributed by atoms with van der Waals surface area (Å²) in [4.78, 5) is 28.1. The molecule has 0 saturated carbocycles. The number of esters is 2. The molecular weight excluding hydrogens is 489 g/mol. The van der Waals surface area contributed by atoms with E-state index in [1.807, 2.05) is 22.6 Å². The van der Waals surface area contributed by atoms with Gasteiger partial charge in [0.25, 0.3) is 0 Å². The molecule has 0 N–H and O–H groups in total. The van der Waals surface area contributed by atoms with Gasteiger partial charge in [-0.1, -0.05) is 64.1 Å². The van der Waals surface area contributed by atoms with Gasteiger partial charge in [0.1, 0.15) is 0 Å². The molecule has 0 radical (unpaired) electrons. The molecule has 29 heavy (non-hydrogen) atoms. The van der Waals surface area contributed by atoms with Crippen molar-refractivity contribution in [3.8, 4) is 0 Å². The van der Waals surface area contributed by atoms with Crippen LogP contribution in [-0.4, -0.2) is 40.4 Å². The zero-order valence-electron chi connectivity index (χ0n) is 15.5. The largest absolute Gasteiger partial charge is 0.452 e. The number of rotatable bonds is 6. The second-order valence-corrected chi connectivity index (χ2v) is 7.18. The van der Waals surface area contributed by atoms with E-state index in [1.54, 1.807) is 67.6 Å². The minimum absolute atomic E-state index is 0.200. The normalized spacial score (nSPS) is 25.7. The second kappa shape index (κ2) is 9.25. The molecule has 9 heteroatoms.